The molecule has 2 aliphatic rings. The summed E-state index contributed by atoms with van der Waals surface area (Å²) < 4.78 is 0. The van der Waals surface area contributed by atoms with E-state index in [0.29, 0.717) is 0 Å². The summed E-state index contributed by atoms with van der Waals surface area (Å²) in [6, 6.07) is 1.96. The third kappa shape index (κ3) is 0.556. The van der Waals surface area contributed by atoms with Gasteiger partial charge in [0.1, 0.15) is 0 Å². The molecule has 1 heterocycles. The first kappa shape index (κ1) is 3.90. The van der Waals surface area contributed by atoms with Crippen molar-refractivity contribution in [2.75, 3.05) is 6.54 Å². The number of rotatable bonds is 1. The van der Waals surface area contributed by atoms with Gasteiger partial charge in [0, 0.05) is 18.6 Å². The molecule has 40 valence electrons. The Bertz CT molecular complexity index is 86.2. The van der Waals surface area contributed by atoms with Gasteiger partial charge in [-0.15, -0.1) is 0 Å². The molecule has 0 aromatic rings. The third-order valence-electron chi connectivity index (χ3n) is 1.92. The molecule has 1 saturated carbocycles. The van der Waals surface area contributed by atoms with Crippen LogP contribution in [0, 0.1) is 0 Å². The van der Waals surface area contributed by atoms with Gasteiger partial charge < -0.3 is 0 Å². The smallest absolute Gasteiger partial charge is 0.0198 e. The summed E-state index contributed by atoms with van der Waals surface area (Å²) in [5.41, 5.74) is 0. The first-order valence-electron chi connectivity index (χ1n) is 3.13. The molecule has 0 radical (unpaired) electrons. The molecule has 0 bridgehead atoms. The topological polar surface area (TPSA) is 3.01 Å². The molecular weight excluding hydrogens is 86.1 g/mol. The maximum absolute atomic E-state index is 2.57. The molecule has 0 aromatic carbocycles. The summed E-state index contributed by atoms with van der Waals surface area (Å²) in [5.74, 6) is 0. The van der Waals surface area contributed by atoms with Crippen LogP contribution in [-0.4, -0.2) is 23.5 Å². The quantitative estimate of drug-likeness (QED) is 0.438. The Morgan fingerprint density at radius 3 is 2.14 bits per heavy atom. The molecular formula is C6H11N. The summed E-state index contributed by atoms with van der Waals surface area (Å²) in [7, 11) is 0. The molecule has 0 spiro atoms. The third-order valence-corrected chi connectivity index (χ3v) is 1.92. The van der Waals surface area contributed by atoms with E-state index in [9.17, 15) is 0 Å². The minimum absolute atomic E-state index is 0.937. The van der Waals surface area contributed by atoms with E-state index in [-0.39, 0.29) is 0 Å². The zero-order chi connectivity index (χ0) is 4.85. The second kappa shape index (κ2) is 1.03. The number of hydrogen-bond donors (Lipinski definition) is 0. The minimum atomic E-state index is 0.937. The van der Waals surface area contributed by atoms with Gasteiger partial charge in [0.05, 0.1) is 0 Å². The molecule has 2 rings (SSSR count). The SMILES string of the molecule is CC1CN1C1CC1. The molecule has 1 saturated heterocycles. The molecule has 0 aromatic heterocycles. The van der Waals surface area contributed by atoms with E-state index < -0.39 is 0 Å². The van der Waals surface area contributed by atoms with Crippen molar-refractivity contribution < 1.29 is 0 Å². The van der Waals surface area contributed by atoms with Crippen LogP contribution in [0.25, 0.3) is 0 Å². The van der Waals surface area contributed by atoms with Gasteiger partial charge in [0.15, 0.2) is 0 Å². The normalized spacial score (nSPS) is 49.3. The maximum Gasteiger partial charge on any atom is 0.0198 e. The molecule has 1 aliphatic carbocycles. The lowest BCUT2D eigenvalue weighted by molar-refractivity contribution is 0.510. The second-order valence-corrected chi connectivity index (χ2v) is 2.78. The van der Waals surface area contributed by atoms with E-state index in [1.807, 2.05) is 0 Å². The Balaban J connectivity index is 1.88. The summed E-state index contributed by atoms with van der Waals surface area (Å²) in [5, 5.41) is 0. The monoisotopic (exact) mass is 97.1 g/mol. The highest BCUT2D eigenvalue weighted by molar-refractivity contribution is 4.97. The van der Waals surface area contributed by atoms with Crippen molar-refractivity contribution in [1.82, 2.24) is 4.90 Å². The molecule has 2 atom stereocenters. The molecule has 2 fully saturated rings. The molecule has 1 nitrogen and oxygen atoms in total. The minimum Gasteiger partial charge on any atom is -0.295 e. The lowest BCUT2D eigenvalue weighted by Gasteiger charge is -1.90. The van der Waals surface area contributed by atoms with Gasteiger partial charge in [0.2, 0.25) is 0 Å². The van der Waals surface area contributed by atoms with Crippen LogP contribution in [0.1, 0.15) is 19.8 Å². The van der Waals surface area contributed by atoms with Crippen molar-refractivity contribution in [3.05, 3.63) is 0 Å². The fourth-order valence-corrected chi connectivity index (χ4v) is 1.17. The molecule has 1 heteroatoms. The fourth-order valence-electron chi connectivity index (χ4n) is 1.17. The molecule has 2 unspecified atom stereocenters. The van der Waals surface area contributed by atoms with Crippen molar-refractivity contribution in [1.29, 1.82) is 0 Å². The van der Waals surface area contributed by atoms with Gasteiger partial charge in [0.25, 0.3) is 0 Å². The summed E-state index contributed by atoms with van der Waals surface area (Å²) in [6.07, 6.45) is 2.95. The average Bonchev–Trinajstić information content (AvgIpc) is 2.23. The van der Waals surface area contributed by atoms with Crippen molar-refractivity contribution in [3.63, 3.8) is 0 Å². The lowest BCUT2D eigenvalue weighted by atomic mass is 10.6. The van der Waals surface area contributed by atoms with E-state index >= 15 is 0 Å². The first-order chi connectivity index (χ1) is 3.38. The standard InChI is InChI=1S/C6H11N/c1-5-4-7(5)6-2-3-6/h5-6H,2-4H2,1H3. The molecule has 1 aliphatic heterocycles. The Labute approximate surface area is 44.3 Å². The maximum atomic E-state index is 2.57. The highest BCUT2D eigenvalue weighted by Gasteiger charge is 2.41. The Morgan fingerprint density at radius 1 is 1.43 bits per heavy atom. The van der Waals surface area contributed by atoms with Crippen LogP contribution in [0.3, 0.4) is 0 Å². The first-order valence-corrected chi connectivity index (χ1v) is 3.13. The van der Waals surface area contributed by atoms with E-state index in [0.717, 1.165) is 12.1 Å². The van der Waals surface area contributed by atoms with Crippen LogP contribution >= 0.6 is 0 Å². The van der Waals surface area contributed by atoms with E-state index in [1.165, 1.54) is 19.4 Å². The summed E-state index contributed by atoms with van der Waals surface area (Å²) in [4.78, 5) is 2.57. The number of nitrogens with zero attached hydrogens (tertiary/aromatic N) is 1. The highest BCUT2D eigenvalue weighted by atomic mass is 15.3. The second-order valence-electron chi connectivity index (χ2n) is 2.78. The molecule has 0 N–H and O–H groups in total. The summed E-state index contributed by atoms with van der Waals surface area (Å²) in [6.45, 7) is 3.68. The van der Waals surface area contributed by atoms with Gasteiger partial charge in [-0.1, -0.05) is 0 Å². The highest BCUT2D eigenvalue weighted by Crippen LogP contribution is 2.35. The summed E-state index contributed by atoms with van der Waals surface area (Å²) >= 11 is 0. The van der Waals surface area contributed by atoms with Crippen LogP contribution in [0.5, 0.6) is 0 Å². The Morgan fingerprint density at radius 2 is 2.00 bits per heavy atom. The average molecular weight is 97.2 g/mol. The largest absolute Gasteiger partial charge is 0.295 e. The van der Waals surface area contributed by atoms with Crippen LogP contribution in [0.15, 0.2) is 0 Å². The van der Waals surface area contributed by atoms with Crippen molar-refractivity contribution in [3.8, 4) is 0 Å². The Kier molecular flexibility index (Phi) is 0.571. The van der Waals surface area contributed by atoms with Crippen LogP contribution in [-0.2, 0) is 0 Å². The van der Waals surface area contributed by atoms with Gasteiger partial charge in [-0.05, 0) is 19.8 Å². The van der Waals surface area contributed by atoms with Gasteiger partial charge in [-0.3, -0.25) is 4.90 Å². The van der Waals surface area contributed by atoms with Crippen LogP contribution in [0.4, 0.5) is 0 Å². The van der Waals surface area contributed by atoms with E-state index in [2.05, 4.69) is 11.8 Å². The van der Waals surface area contributed by atoms with Gasteiger partial charge in [-0.2, -0.15) is 0 Å². The van der Waals surface area contributed by atoms with Crippen LogP contribution < -0.4 is 0 Å². The molecule has 0 amide bonds. The van der Waals surface area contributed by atoms with Gasteiger partial charge in [-0.25, -0.2) is 0 Å². The van der Waals surface area contributed by atoms with Crippen molar-refractivity contribution in [2.24, 2.45) is 0 Å². The zero-order valence-corrected chi connectivity index (χ0v) is 4.72. The van der Waals surface area contributed by atoms with Crippen LogP contribution in [0.2, 0.25) is 0 Å². The lowest BCUT2D eigenvalue weighted by Crippen LogP contribution is -2.00. The van der Waals surface area contributed by atoms with E-state index in [1.54, 1.807) is 0 Å². The predicted octanol–water partition coefficient (Wildman–Crippen LogP) is 0.853. The zero-order valence-electron chi connectivity index (χ0n) is 4.72. The molecule has 7 heavy (non-hydrogen) atoms. The van der Waals surface area contributed by atoms with E-state index in [4.69, 9.17) is 0 Å². The predicted molar refractivity (Wildman–Crippen MR) is 29.2 cm³/mol. The van der Waals surface area contributed by atoms with Crippen molar-refractivity contribution >= 4 is 0 Å². The Hall–Kier alpha value is -0.0400. The fraction of sp³-hybridized carbons (Fsp3) is 1.00. The number of hydrogen-bond acceptors (Lipinski definition) is 1. The van der Waals surface area contributed by atoms with Crippen molar-refractivity contribution in [2.45, 2.75) is 31.8 Å². The van der Waals surface area contributed by atoms with Gasteiger partial charge >= 0.3 is 0 Å².